The van der Waals surface area contributed by atoms with Crippen LogP contribution in [0.5, 0.6) is 17.2 Å². The second-order valence-corrected chi connectivity index (χ2v) is 5.60. The van der Waals surface area contributed by atoms with Gasteiger partial charge in [0, 0.05) is 12.2 Å². The smallest absolute Gasteiger partial charge is 0.243 e. The van der Waals surface area contributed by atoms with Gasteiger partial charge in [-0.1, -0.05) is 0 Å². The summed E-state index contributed by atoms with van der Waals surface area (Å²) in [5.41, 5.74) is 0.719. The molecule has 1 aliphatic heterocycles. The number of amides is 1. The molecule has 1 amide bonds. The second kappa shape index (κ2) is 8.50. The van der Waals surface area contributed by atoms with Crippen molar-refractivity contribution >= 4 is 11.6 Å². The Morgan fingerprint density at radius 1 is 1.12 bits per heavy atom. The summed E-state index contributed by atoms with van der Waals surface area (Å²) in [6.45, 7) is 4.30. The first kappa shape index (κ1) is 17.3. The van der Waals surface area contributed by atoms with Crippen LogP contribution in [0.3, 0.4) is 0 Å². The van der Waals surface area contributed by atoms with Gasteiger partial charge in [-0.15, -0.1) is 0 Å². The number of carbonyl (C=O) groups is 1. The van der Waals surface area contributed by atoms with Crippen LogP contribution in [0.25, 0.3) is 0 Å². The topological polar surface area (TPSA) is 68.8 Å². The van der Waals surface area contributed by atoms with Crippen molar-refractivity contribution in [2.75, 3.05) is 31.7 Å². The van der Waals surface area contributed by atoms with E-state index in [0.29, 0.717) is 32.1 Å². The summed E-state index contributed by atoms with van der Waals surface area (Å²) in [5.74, 6) is 2.14. The number of hydrogen-bond donors (Lipinski definition) is 2. The summed E-state index contributed by atoms with van der Waals surface area (Å²) in [5, 5.41) is 6.00. The molecule has 2 aromatic carbocycles. The van der Waals surface area contributed by atoms with E-state index in [4.69, 9.17) is 14.2 Å². The standard InChI is InChI=1S/C19H22N2O4/c1-2-24-15-7-9-17(10-8-15)25-16-5-3-14(4-6-16)21-19(22)18-13-23-12-11-20-18/h3-10,18,20H,2,11-13H2,1H3,(H,21,22). The highest BCUT2D eigenvalue weighted by Crippen LogP contribution is 2.25. The molecular weight excluding hydrogens is 320 g/mol. The molecule has 2 aromatic rings. The van der Waals surface area contributed by atoms with Crippen LogP contribution in [-0.2, 0) is 9.53 Å². The van der Waals surface area contributed by atoms with Crippen molar-refractivity contribution < 1.29 is 19.0 Å². The summed E-state index contributed by atoms with van der Waals surface area (Å²) < 4.78 is 16.5. The van der Waals surface area contributed by atoms with Gasteiger partial charge in [0.05, 0.1) is 19.8 Å². The third kappa shape index (κ3) is 4.95. The SMILES string of the molecule is CCOc1ccc(Oc2ccc(NC(=O)C3COCCN3)cc2)cc1. The van der Waals surface area contributed by atoms with E-state index in [9.17, 15) is 4.79 Å². The largest absolute Gasteiger partial charge is 0.494 e. The summed E-state index contributed by atoms with van der Waals surface area (Å²) in [6.07, 6.45) is 0. The van der Waals surface area contributed by atoms with Gasteiger partial charge in [0.15, 0.2) is 0 Å². The maximum absolute atomic E-state index is 12.1. The molecule has 1 atom stereocenters. The fourth-order valence-corrected chi connectivity index (χ4v) is 2.48. The van der Waals surface area contributed by atoms with Gasteiger partial charge in [-0.2, -0.15) is 0 Å². The van der Waals surface area contributed by atoms with Gasteiger partial charge in [-0.25, -0.2) is 0 Å². The quantitative estimate of drug-likeness (QED) is 0.845. The first-order valence-corrected chi connectivity index (χ1v) is 8.37. The summed E-state index contributed by atoms with van der Waals surface area (Å²) in [6, 6.07) is 14.4. The van der Waals surface area contributed by atoms with Crippen LogP contribution in [0.2, 0.25) is 0 Å². The molecule has 0 bridgehead atoms. The zero-order valence-corrected chi connectivity index (χ0v) is 14.2. The molecular formula is C19H22N2O4. The number of benzene rings is 2. The normalized spacial score (nSPS) is 16.9. The van der Waals surface area contributed by atoms with E-state index in [1.54, 1.807) is 0 Å². The molecule has 6 heteroatoms. The fraction of sp³-hybridized carbons (Fsp3) is 0.316. The van der Waals surface area contributed by atoms with Gasteiger partial charge in [0.1, 0.15) is 23.3 Å². The molecule has 3 rings (SSSR count). The number of rotatable bonds is 6. The van der Waals surface area contributed by atoms with Gasteiger partial charge < -0.3 is 24.8 Å². The van der Waals surface area contributed by atoms with Crippen molar-refractivity contribution in [3.05, 3.63) is 48.5 Å². The zero-order chi connectivity index (χ0) is 17.5. The molecule has 0 aromatic heterocycles. The number of carbonyl (C=O) groups excluding carboxylic acids is 1. The summed E-state index contributed by atoms with van der Waals surface area (Å²) in [4.78, 5) is 12.1. The minimum absolute atomic E-state index is 0.0973. The molecule has 25 heavy (non-hydrogen) atoms. The molecule has 0 aliphatic carbocycles. The number of anilines is 1. The molecule has 0 spiro atoms. The van der Waals surface area contributed by atoms with Crippen LogP contribution in [0.1, 0.15) is 6.92 Å². The van der Waals surface area contributed by atoms with Crippen molar-refractivity contribution in [1.82, 2.24) is 5.32 Å². The predicted octanol–water partition coefficient (Wildman–Crippen LogP) is 2.80. The maximum Gasteiger partial charge on any atom is 0.243 e. The molecule has 6 nitrogen and oxygen atoms in total. The Bertz CT molecular complexity index is 680. The summed E-state index contributed by atoms with van der Waals surface area (Å²) >= 11 is 0. The first-order chi connectivity index (χ1) is 12.2. The van der Waals surface area contributed by atoms with Gasteiger partial charge in [0.2, 0.25) is 5.91 Å². The van der Waals surface area contributed by atoms with Crippen LogP contribution in [0, 0.1) is 0 Å². The molecule has 132 valence electrons. The van der Waals surface area contributed by atoms with Crippen LogP contribution >= 0.6 is 0 Å². The Labute approximate surface area is 147 Å². The minimum atomic E-state index is -0.312. The number of ether oxygens (including phenoxy) is 3. The highest BCUT2D eigenvalue weighted by Gasteiger charge is 2.20. The lowest BCUT2D eigenvalue weighted by Crippen LogP contribution is -2.48. The van der Waals surface area contributed by atoms with Crippen molar-refractivity contribution in [2.24, 2.45) is 0 Å². The molecule has 2 N–H and O–H groups in total. The van der Waals surface area contributed by atoms with E-state index >= 15 is 0 Å². The van der Waals surface area contributed by atoms with E-state index in [2.05, 4.69) is 10.6 Å². The average Bonchev–Trinajstić information content (AvgIpc) is 2.66. The van der Waals surface area contributed by atoms with Crippen LogP contribution in [-0.4, -0.2) is 38.3 Å². The second-order valence-electron chi connectivity index (χ2n) is 5.60. The van der Waals surface area contributed by atoms with Crippen molar-refractivity contribution in [1.29, 1.82) is 0 Å². The van der Waals surface area contributed by atoms with Crippen LogP contribution in [0.15, 0.2) is 48.5 Å². The highest BCUT2D eigenvalue weighted by atomic mass is 16.5. The number of hydrogen-bond acceptors (Lipinski definition) is 5. The van der Waals surface area contributed by atoms with E-state index < -0.39 is 0 Å². The fourth-order valence-electron chi connectivity index (χ4n) is 2.48. The molecule has 1 unspecified atom stereocenters. The summed E-state index contributed by atoms with van der Waals surface area (Å²) in [7, 11) is 0. The van der Waals surface area contributed by atoms with Gasteiger partial charge in [0.25, 0.3) is 0 Å². The third-order valence-corrected chi connectivity index (χ3v) is 3.73. The Kier molecular flexibility index (Phi) is 5.87. The van der Waals surface area contributed by atoms with Crippen molar-refractivity contribution in [2.45, 2.75) is 13.0 Å². The van der Waals surface area contributed by atoms with E-state index in [0.717, 1.165) is 17.2 Å². The monoisotopic (exact) mass is 342 g/mol. The van der Waals surface area contributed by atoms with Crippen molar-refractivity contribution in [3.8, 4) is 17.2 Å². The van der Waals surface area contributed by atoms with Crippen LogP contribution in [0.4, 0.5) is 5.69 Å². The molecule has 0 radical (unpaired) electrons. The molecule has 1 heterocycles. The average molecular weight is 342 g/mol. The van der Waals surface area contributed by atoms with Crippen LogP contribution < -0.4 is 20.1 Å². The lowest BCUT2D eigenvalue weighted by atomic mass is 10.2. The maximum atomic E-state index is 12.1. The van der Waals surface area contributed by atoms with Crippen molar-refractivity contribution in [3.63, 3.8) is 0 Å². The first-order valence-electron chi connectivity index (χ1n) is 8.37. The lowest BCUT2D eigenvalue weighted by Gasteiger charge is -2.22. The van der Waals surface area contributed by atoms with Gasteiger partial charge in [-0.05, 0) is 55.5 Å². The molecule has 0 saturated carbocycles. The van der Waals surface area contributed by atoms with E-state index in [1.807, 2.05) is 55.5 Å². The minimum Gasteiger partial charge on any atom is -0.494 e. The van der Waals surface area contributed by atoms with E-state index in [-0.39, 0.29) is 11.9 Å². The lowest BCUT2D eigenvalue weighted by molar-refractivity contribution is -0.120. The molecule has 1 aliphatic rings. The van der Waals surface area contributed by atoms with E-state index in [1.165, 1.54) is 0 Å². The third-order valence-electron chi connectivity index (χ3n) is 3.73. The molecule has 1 fully saturated rings. The molecule has 1 saturated heterocycles. The van der Waals surface area contributed by atoms with Gasteiger partial charge >= 0.3 is 0 Å². The Balaban J connectivity index is 1.55. The Morgan fingerprint density at radius 2 is 1.76 bits per heavy atom. The predicted molar refractivity (Wildman–Crippen MR) is 95.4 cm³/mol. The Morgan fingerprint density at radius 3 is 2.36 bits per heavy atom. The zero-order valence-electron chi connectivity index (χ0n) is 14.2. The number of nitrogens with one attached hydrogen (secondary N) is 2. The highest BCUT2D eigenvalue weighted by molar-refractivity contribution is 5.95. The Hall–Kier alpha value is -2.57. The number of morpholine rings is 1. The van der Waals surface area contributed by atoms with Gasteiger partial charge in [-0.3, -0.25) is 4.79 Å².